The summed E-state index contributed by atoms with van der Waals surface area (Å²) in [7, 11) is 0. The molecule has 3 rings (SSSR count). The lowest BCUT2D eigenvalue weighted by molar-refractivity contribution is -0.129. The van der Waals surface area contributed by atoms with Gasteiger partial charge in [-0.25, -0.2) is 14.3 Å². The van der Waals surface area contributed by atoms with Gasteiger partial charge in [0.2, 0.25) is 11.9 Å². The minimum atomic E-state index is -0.137. The minimum absolute atomic E-state index is 0.0901. The van der Waals surface area contributed by atoms with E-state index in [1.165, 1.54) is 6.42 Å². The summed E-state index contributed by atoms with van der Waals surface area (Å²) >= 11 is 0. The van der Waals surface area contributed by atoms with Crippen LogP contribution in [0.25, 0.3) is 11.0 Å². The molecule has 0 spiro atoms. The van der Waals surface area contributed by atoms with Gasteiger partial charge in [0.1, 0.15) is 0 Å². The quantitative estimate of drug-likeness (QED) is 0.776. The first kappa shape index (κ1) is 20.2. The fourth-order valence-electron chi connectivity index (χ4n) is 3.60. The van der Waals surface area contributed by atoms with Crippen molar-refractivity contribution in [1.82, 2.24) is 19.8 Å². The molecule has 7 nitrogen and oxygen atoms in total. The van der Waals surface area contributed by atoms with Crippen LogP contribution in [0.4, 0.5) is 10.7 Å². The van der Waals surface area contributed by atoms with E-state index < -0.39 is 0 Å². The van der Waals surface area contributed by atoms with Crippen LogP contribution in [0.15, 0.2) is 24.3 Å². The molecule has 152 valence electrons. The second kappa shape index (κ2) is 9.08. The summed E-state index contributed by atoms with van der Waals surface area (Å²) in [5.41, 5.74) is 1.62. The molecule has 0 aliphatic carbocycles. The Morgan fingerprint density at radius 3 is 2.50 bits per heavy atom. The molecule has 2 heterocycles. The van der Waals surface area contributed by atoms with Crippen molar-refractivity contribution >= 4 is 28.9 Å². The molecule has 0 saturated carbocycles. The molecule has 7 heteroatoms. The van der Waals surface area contributed by atoms with E-state index in [1.807, 2.05) is 29.2 Å². The van der Waals surface area contributed by atoms with Crippen LogP contribution in [0.1, 0.15) is 40.0 Å². The lowest BCUT2D eigenvalue weighted by Crippen LogP contribution is -2.49. The van der Waals surface area contributed by atoms with Crippen molar-refractivity contribution in [3.05, 3.63) is 24.3 Å². The molecule has 2 amide bonds. The van der Waals surface area contributed by atoms with Gasteiger partial charge in [-0.05, 0) is 24.5 Å². The van der Waals surface area contributed by atoms with Crippen molar-refractivity contribution in [2.24, 2.45) is 5.92 Å². The van der Waals surface area contributed by atoms with Crippen LogP contribution >= 0.6 is 0 Å². The zero-order valence-corrected chi connectivity index (χ0v) is 17.1. The minimum Gasteiger partial charge on any atom is -0.339 e. The van der Waals surface area contributed by atoms with Gasteiger partial charge in [0, 0.05) is 39.6 Å². The van der Waals surface area contributed by atoms with Crippen LogP contribution in [0.5, 0.6) is 0 Å². The summed E-state index contributed by atoms with van der Waals surface area (Å²) in [4.78, 5) is 33.2. The fraction of sp³-hybridized carbons (Fsp3) is 0.571. The molecule has 2 aromatic rings. The highest BCUT2D eigenvalue weighted by molar-refractivity contribution is 5.93. The van der Waals surface area contributed by atoms with Gasteiger partial charge in [-0.1, -0.05) is 38.8 Å². The number of anilines is 1. The van der Waals surface area contributed by atoms with E-state index in [-0.39, 0.29) is 11.9 Å². The molecule has 1 N–H and O–H groups in total. The number of aromatic nitrogens is 2. The summed E-state index contributed by atoms with van der Waals surface area (Å²) < 4.78 is 1.68. The monoisotopic (exact) mass is 385 g/mol. The predicted octanol–water partition coefficient (Wildman–Crippen LogP) is 3.09. The lowest BCUT2D eigenvalue weighted by atomic mass is 10.1. The van der Waals surface area contributed by atoms with Crippen LogP contribution < -0.4 is 10.2 Å². The highest BCUT2D eigenvalue weighted by Gasteiger charge is 2.25. The third kappa shape index (κ3) is 4.64. The second-order valence-electron chi connectivity index (χ2n) is 7.85. The van der Waals surface area contributed by atoms with Crippen LogP contribution in [-0.2, 0) is 4.79 Å². The Kier molecular flexibility index (Phi) is 6.54. The molecule has 28 heavy (non-hydrogen) atoms. The second-order valence-corrected chi connectivity index (χ2v) is 7.85. The molecule has 1 aromatic carbocycles. The highest BCUT2D eigenvalue weighted by atomic mass is 16.2. The van der Waals surface area contributed by atoms with E-state index in [1.54, 1.807) is 11.5 Å². The average Bonchev–Trinajstić information content (AvgIpc) is 3.07. The maximum atomic E-state index is 13.0. The SMILES string of the molecule is CC(=O)N1CCN(c2nc3ccccc3n2C(=O)NCCCCC(C)C)CC1. The van der Waals surface area contributed by atoms with Crippen LogP contribution in [0.3, 0.4) is 0 Å². The Balaban J connectivity index is 1.74. The van der Waals surface area contributed by atoms with Crippen molar-refractivity contribution in [1.29, 1.82) is 0 Å². The van der Waals surface area contributed by atoms with Crippen LogP contribution in [0, 0.1) is 5.92 Å². The van der Waals surface area contributed by atoms with Crippen molar-refractivity contribution in [3.63, 3.8) is 0 Å². The molecular formula is C21H31N5O2. The molecule has 1 fully saturated rings. The molecule has 0 radical (unpaired) electrons. The van der Waals surface area contributed by atoms with E-state index in [0.29, 0.717) is 44.6 Å². The Morgan fingerprint density at radius 2 is 1.82 bits per heavy atom. The van der Waals surface area contributed by atoms with E-state index >= 15 is 0 Å². The zero-order valence-electron chi connectivity index (χ0n) is 17.1. The van der Waals surface area contributed by atoms with Crippen LogP contribution in [0.2, 0.25) is 0 Å². The van der Waals surface area contributed by atoms with Gasteiger partial charge in [0.15, 0.2) is 0 Å². The number of benzene rings is 1. The van der Waals surface area contributed by atoms with Gasteiger partial charge in [-0.3, -0.25) is 4.79 Å². The standard InChI is InChI=1S/C21H31N5O2/c1-16(2)8-6-7-11-22-21(28)26-19-10-5-4-9-18(19)23-20(26)25-14-12-24(13-15-25)17(3)27/h4-5,9-10,16H,6-8,11-15H2,1-3H3,(H,22,28). The van der Waals surface area contributed by atoms with Gasteiger partial charge in [0.05, 0.1) is 11.0 Å². The number of carbonyl (C=O) groups is 2. The largest absolute Gasteiger partial charge is 0.339 e. The van der Waals surface area contributed by atoms with Crippen molar-refractivity contribution in [2.45, 2.75) is 40.0 Å². The summed E-state index contributed by atoms with van der Waals surface area (Å²) in [5.74, 6) is 1.44. The third-order valence-corrected chi connectivity index (χ3v) is 5.24. The summed E-state index contributed by atoms with van der Waals surface area (Å²) in [5, 5.41) is 3.05. The third-order valence-electron chi connectivity index (χ3n) is 5.24. The van der Waals surface area contributed by atoms with E-state index in [9.17, 15) is 9.59 Å². The van der Waals surface area contributed by atoms with E-state index in [0.717, 1.165) is 23.9 Å². The number of carbonyl (C=O) groups excluding carboxylic acids is 2. The fourth-order valence-corrected chi connectivity index (χ4v) is 3.60. The maximum absolute atomic E-state index is 13.0. The molecule has 1 aliphatic heterocycles. The van der Waals surface area contributed by atoms with Gasteiger partial charge in [-0.15, -0.1) is 0 Å². The normalized spacial score (nSPS) is 14.7. The van der Waals surface area contributed by atoms with Gasteiger partial charge in [0.25, 0.3) is 0 Å². The molecule has 1 aromatic heterocycles. The molecule has 1 saturated heterocycles. The van der Waals surface area contributed by atoms with Crippen molar-refractivity contribution < 1.29 is 9.59 Å². The lowest BCUT2D eigenvalue weighted by Gasteiger charge is -2.34. The Hall–Kier alpha value is -2.57. The Morgan fingerprint density at radius 1 is 1.11 bits per heavy atom. The number of nitrogens with zero attached hydrogens (tertiary/aromatic N) is 4. The number of unbranched alkanes of at least 4 members (excludes halogenated alkanes) is 1. The summed E-state index contributed by atoms with van der Waals surface area (Å²) in [6, 6.07) is 7.57. The first-order valence-electron chi connectivity index (χ1n) is 10.2. The molecule has 1 aliphatic rings. The van der Waals surface area contributed by atoms with E-state index in [2.05, 4.69) is 24.1 Å². The Labute approximate surface area is 166 Å². The zero-order chi connectivity index (χ0) is 20.1. The average molecular weight is 386 g/mol. The number of fused-ring (bicyclic) bond motifs is 1. The first-order chi connectivity index (χ1) is 13.5. The van der Waals surface area contributed by atoms with Crippen LogP contribution in [-0.4, -0.2) is 59.1 Å². The number of imidazole rings is 1. The number of nitrogens with one attached hydrogen (secondary N) is 1. The predicted molar refractivity (Wildman–Crippen MR) is 112 cm³/mol. The van der Waals surface area contributed by atoms with E-state index in [4.69, 9.17) is 4.98 Å². The number of para-hydroxylation sites is 2. The molecule has 0 atom stereocenters. The maximum Gasteiger partial charge on any atom is 0.328 e. The summed E-state index contributed by atoms with van der Waals surface area (Å²) in [6.07, 6.45) is 3.27. The van der Waals surface area contributed by atoms with Gasteiger partial charge < -0.3 is 15.1 Å². The molecular weight excluding hydrogens is 354 g/mol. The van der Waals surface area contributed by atoms with Crippen molar-refractivity contribution in [3.8, 4) is 0 Å². The number of hydrogen-bond donors (Lipinski definition) is 1. The molecule has 0 bridgehead atoms. The van der Waals surface area contributed by atoms with Crippen molar-refractivity contribution in [2.75, 3.05) is 37.6 Å². The summed E-state index contributed by atoms with van der Waals surface area (Å²) in [6.45, 7) is 9.33. The first-order valence-corrected chi connectivity index (χ1v) is 10.2. The number of piperazine rings is 1. The highest BCUT2D eigenvalue weighted by Crippen LogP contribution is 2.23. The topological polar surface area (TPSA) is 70.5 Å². The van der Waals surface area contributed by atoms with Gasteiger partial charge >= 0.3 is 6.03 Å². The number of amides is 2. The molecule has 0 unspecified atom stereocenters. The number of rotatable bonds is 6. The Bertz CT molecular complexity index is 821. The number of hydrogen-bond acceptors (Lipinski definition) is 4. The van der Waals surface area contributed by atoms with Gasteiger partial charge in [-0.2, -0.15) is 0 Å². The smallest absolute Gasteiger partial charge is 0.328 e.